The number of ether oxygens (including phenoxy) is 1. The highest BCUT2D eigenvalue weighted by Gasteiger charge is 2.17. The number of thiazole rings is 1. The van der Waals surface area contributed by atoms with E-state index < -0.39 is 17.6 Å². The highest BCUT2D eigenvalue weighted by molar-refractivity contribution is 7.18. The predicted octanol–water partition coefficient (Wildman–Crippen LogP) is 2.42. The van der Waals surface area contributed by atoms with Gasteiger partial charge in [-0.2, -0.15) is 0 Å². The number of nitrogens with zero attached hydrogens (tertiary/aromatic N) is 1. The van der Waals surface area contributed by atoms with Crippen molar-refractivity contribution in [2.75, 3.05) is 0 Å². The van der Waals surface area contributed by atoms with Crippen LogP contribution >= 0.6 is 11.3 Å². The average molecular weight is 307 g/mol. The summed E-state index contributed by atoms with van der Waals surface area (Å²) in [5, 5.41) is 3.32. The Hall–Kier alpha value is -2.15. The summed E-state index contributed by atoms with van der Waals surface area (Å²) in [4.78, 5) is 27.3. The number of primary amides is 1. The minimum absolute atomic E-state index is 0.243. The molecule has 3 N–H and O–H groups in total. The second-order valence-corrected chi connectivity index (χ2v) is 6.59. The zero-order chi connectivity index (χ0) is 15.6. The SMILES string of the molecule is CC(C)(C)OC(=O)NCc1nc2c(C(N)=O)cccc2s1. The van der Waals surface area contributed by atoms with Crippen molar-refractivity contribution in [3.8, 4) is 0 Å². The topological polar surface area (TPSA) is 94.3 Å². The third kappa shape index (κ3) is 3.91. The van der Waals surface area contributed by atoms with Gasteiger partial charge in [-0.05, 0) is 32.9 Å². The molecular weight excluding hydrogens is 290 g/mol. The molecule has 112 valence electrons. The van der Waals surface area contributed by atoms with Crippen LogP contribution < -0.4 is 11.1 Å². The number of nitrogens with two attached hydrogens (primary N) is 1. The Morgan fingerprint density at radius 3 is 2.71 bits per heavy atom. The van der Waals surface area contributed by atoms with E-state index in [1.807, 2.05) is 6.07 Å². The summed E-state index contributed by atoms with van der Waals surface area (Å²) < 4.78 is 6.00. The first kappa shape index (κ1) is 15.2. The van der Waals surface area contributed by atoms with Crippen LogP contribution in [-0.2, 0) is 11.3 Å². The van der Waals surface area contributed by atoms with E-state index in [4.69, 9.17) is 10.5 Å². The van der Waals surface area contributed by atoms with Crippen molar-refractivity contribution in [2.45, 2.75) is 32.9 Å². The largest absolute Gasteiger partial charge is 0.444 e. The minimum Gasteiger partial charge on any atom is -0.444 e. The molecule has 0 atom stereocenters. The van der Waals surface area contributed by atoms with Crippen LogP contribution in [-0.4, -0.2) is 22.6 Å². The summed E-state index contributed by atoms with van der Waals surface area (Å²) in [6.07, 6.45) is -0.503. The predicted molar refractivity (Wildman–Crippen MR) is 81.2 cm³/mol. The lowest BCUT2D eigenvalue weighted by Gasteiger charge is -2.19. The molecule has 1 aromatic carbocycles. The Morgan fingerprint density at radius 1 is 1.38 bits per heavy atom. The molecule has 1 heterocycles. The Labute approximate surface area is 126 Å². The fourth-order valence-electron chi connectivity index (χ4n) is 1.73. The Balaban J connectivity index is 2.12. The lowest BCUT2D eigenvalue weighted by Crippen LogP contribution is -2.32. The molecule has 0 unspecified atom stereocenters. The summed E-state index contributed by atoms with van der Waals surface area (Å²) in [5.74, 6) is -0.516. The van der Waals surface area contributed by atoms with Gasteiger partial charge in [0.15, 0.2) is 0 Å². The minimum atomic E-state index is -0.545. The molecule has 2 aromatic rings. The van der Waals surface area contributed by atoms with Crippen molar-refractivity contribution in [1.82, 2.24) is 10.3 Å². The third-order valence-corrected chi connectivity index (χ3v) is 3.53. The molecule has 0 aliphatic heterocycles. The second kappa shape index (κ2) is 5.69. The number of hydrogen-bond acceptors (Lipinski definition) is 5. The molecule has 0 fully saturated rings. The summed E-state index contributed by atoms with van der Waals surface area (Å²) in [6.45, 7) is 5.63. The molecule has 7 heteroatoms. The number of alkyl carbamates (subject to hydrolysis) is 1. The van der Waals surface area contributed by atoms with E-state index in [0.29, 0.717) is 16.1 Å². The van der Waals surface area contributed by atoms with Gasteiger partial charge in [0.2, 0.25) is 0 Å². The number of amides is 2. The van der Waals surface area contributed by atoms with E-state index >= 15 is 0 Å². The molecule has 0 saturated heterocycles. The van der Waals surface area contributed by atoms with Gasteiger partial charge in [0.05, 0.1) is 22.3 Å². The van der Waals surface area contributed by atoms with Gasteiger partial charge in [-0.1, -0.05) is 6.07 Å². The Bertz CT molecular complexity index is 688. The Morgan fingerprint density at radius 2 is 2.10 bits per heavy atom. The monoisotopic (exact) mass is 307 g/mol. The standard InChI is InChI=1S/C14H17N3O3S/c1-14(2,3)20-13(19)16-7-10-17-11-8(12(15)18)5-4-6-9(11)21-10/h4-6H,7H2,1-3H3,(H2,15,18)(H,16,19). The van der Waals surface area contributed by atoms with Crippen molar-refractivity contribution < 1.29 is 14.3 Å². The van der Waals surface area contributed by atoms with E-state index in [9.17, 15) is 9.59 Å². The molecule has 1 aromatic heterocycles. The molecular formula is C14H17N3O3S. The van der Waals surface area contributed by atoms with E-state index in [-0.39, 0.29) is 6.54 Å². The zero-order valence-corrected chi connectivity index (χ0v) is 12.9. The van der Waals surface area contributed by atoms with Crippen LogP contribution in [0.5, 0.6) is 0 Å². The molecule has 0 saturated carbocycles. The maximum absolute atomic E-state index is 11.6. The first-order chi connectivity index (χ1) is 9.76. The summed E-state index contributed by atoms with van der Waals surface area (Å²) in [6, 6.07) is 5.25. The molecule has 0 spiro atoms. The first-order valence-corrected chi connectivity index (χ1v) is 7.23. The van der Waals surface area contributed by atoms with Crippen LogP contribution in [0, 0.1) is 0 Å². The maximum atomic E-state index is 11.6. The van der Waals surface area contributed by atoms with Crippen molar-refractivity contribution in [3.63, 3.8) is 0 Å². The second-order valence-electron chi connectivity index (χ2n) is 5.48. The number of fused-ring (bicyclic) bond motifs is 1. The number of aromatic nitrogens is 1. The van der Waals surface area contributed by atoms with Gasteiger partial charge in [0.25, 0.3) is 5.91 Å². The van der Waals surface area contributed by atoms with Crippen molar-refractivity contribution in [2.24, 2.45) is 5.73 Å². The number of carbonyl (C=O) groups is 2. The number of rotatable bonds is 3. The van der Waals surface area contributed by atoms with Gasteiger partial charge < -0.3 is 15.8 Å². The number of para-hydroxylation sites is 1. The lowest BCUT2D eigenvalue weighted by atomic mass is 10.2. The van der Waals surface area contributed by atoms with Gasteiger partial charge in [-0.15, -0.1) is 11.3 Å². The van der Waals surface area contributed by atoms with Crippen molar-refractivity contribution in [1.29, 1.82) is 0 Å². The molecule has 0 bridgehead atoms. The summed E-state index contributed by atoms with van der Waals surface area (Å²) in [7, 11) is 0. The molecule has 0 radical (unpaired) electrons. The van der Waals surface area contributed by atoms with Crippen LogP contribution in [0.2, 0.25) is 0 Å². The molecule has 0 aliphatic rings. The molecule has 0 aliphatic carbocycles. The molecule has 21 heavy (non-hydrogen) atoms. The van der Waals surface area contributed by atoms with Crippen LogP contribution in [0.1, 0.15) is 36.1 Å². The first-order valence-electron chi connectivity index (χ1n) is 6.41. The third-order valence-electron chi connectivity index (χ3n) is 2.51. The van der Waals surface area contributed by atoms with Gasteiger partial charge in [0, 0.05) is 0 Å². The highest BCUT2D eigenvalue weighted by Crippen LogP contribution is 2.24. The maximum Gasteiger partial charge on any atom is 0.408 e. The van der Waals surface area contributed by atoms with E-state index in [1.165, 1.54) is 11.3 Å². The molecule has 2 amide bonds. The van der Waals surface area contributed by atoms with Gasteiger partial charge >= 0.3 is 6.09 Å². The van der Waals surface area contributed by atoms with Crippen LogP contribution in [0.15, 0.2) is 18.2 Å². The normalized spacial score (nSPS) is 11.4. The smallest absolute Gasteiger partial charge is 0.408 e. The van der Waals surface area contributed by atoms with E-state index in [2.05, 4.69) is 10.3 Å². The summed E-state index contributed by atoms with van der Waals surface area (Å²) >= 11 is 1.40. The van der Waals surface area contributed by atoms with Gasteiger partial charge in [-0.3, -0.25) is 4.79 Å². The number of hydrogen-bond donors (Lipinski definition) is 2. The average Bonchev–Trinajstić information content (AvgIpc) is 2.76. The number of benzene rings is 1. The lowest BCUT2D eigenvalue weighted by molar-refractivity contribution is 0.0523. The highest BCUT2D eigenvalue weighted by atomic mass is 32.1. The fraction of sp³-hybridized carbons (Fsp3) is 0.357. The number of carbonyl (C=O) groups excluding carboxylic acids is 2. The molecule has 2 rings (SSSR count). The van der Waals surface area contributed by atoms with Crippen molar-refractivity contribution in [3.05, 3.63) is 28.8 Å². The zero-order valence-electron chi connectivity index (χ0n) is 12.1. The van der Waals surface area contributed by atoms with Gasteiger partial charge in [-0.25, -0.2) is 9.78 Å². The van der Waals surface area contributed by atoms with Crippen LogP contribution in [0.25, 0.3) is 10.2 Å². The quantitative estimate of drug-likeness (QED) is 0.910. The van der Waals surface area contributed by atoms with Crippen LogP contribution in [0.3, 0.4) is 0 Å². The fourth-order valence-corrected chi connectivity index (χ4v) is 2.66. The Kier molecular flexibility index (Phi) is 4.13. The van der Waals surface area contributed by atoms with E-state index in [1.54, 1.807) is 32.9 Å². The van der Waals surface area contributed by atoms with Crippen LogP contribution in [0.4, 0.5) is 4.79 Å². The van der Waals surface area contributed by atoms with Gasteiger partial charge in [0.1, 0.15) is 10.6 Å². The molecule has 6 nitrogen and oxygen atoms in total. The van der Waals surface area contributed by atoms with Crippen molar-refractivity contribution >= 4 is 33.6 Å². The summed E-state index contributed by atoms with van der Waals surface area (Å²) in [5.41, 5.74) is 5.72. The van der Waals surface area contributed by atoms with E-state index in [0.717, 1.165) is 4.70 Å². The number of nitrogens with one attached hydrogen (secondary N) is 1.